The Labute approximate surface area is 184 Å². The highest BCUT2D eigenvalue weighted by Crippen LogP contribution is 2.32. The smallest absolute Gasteiger partial charge is 0.276 e. The first kappa shape index (κ1) is 20.2. The normalized spacial score (nSPS) is 16.3. The molecular formula is C25H22FN3O3. The number of hydrogen-bond donors (Lipinski definition) is 0. The fourth-order valence-corrected chi connectivity index (χ4v) is 4.21. The van der Waals surface area contributed by atoms with Gasteiger partial charge in [0.25, 0.3) is 5.91 Å². The zero-order valence-corrected chi connectivity index (χ0v) is 17.4. The van der Waals surface area contributed by atoms with Gasteiger partial charge in [-0.15, -0.1) is 0 Å². The second-order valence-electron chi connectivity index (χ2n) is 7.86. The summed E-state index contributed by atoms with van der Waals surface area (Å²) < 4.78 is 25.0. The molecule has 0 aliphatic carbocycles. The molecule has 0 unspecified atom stereocenters. The van der Waals surface area contributed by atoms with Crippen LogP contribution in [0.1, 0.15) is 47.1 Å². The summed E-state index contributed by atoms with van der Waals surface area (Å²) in [4.78, 5) is 19.3. The maximum absolute atomic E-state index is 13.7. The average Bonchev–Trinajstić information content (AvgIpc) is 3.31. The van der Waals surface area contributed by atoms with Crippen molar-refractivity contribution in [1.82, 2.24) is 15.0 Å². The summed E-state index contributed by atoms with van der Waals surface area (Å²) in [6, 6.07) is 17.4. The number of likely N-dealkylation sites (tertiary alicyclic amines) is 1. The number of aromatic nitrogens is 2. The molecule has 0 bridgehead atoms. The van der Waals surface area contributed by atoms with Crippen LogP contribution in [0.2, 0.25) is 0 Å². The summed E-state index contributed by atoms with van der Waals surface area (Å²) in [5.74, 6) is 0.556. The summed E-state index contributed by atoms with van der Waals surface area (Å²) in [5, 5.41) is 4.95. The highest BCUT2D eigenvalue weighted by atomic mass is 19.1. The third-order valence-electron chi connectivity index (χ3n) is 5.74. The number of benzene rings is 2. The molecule has 4 aromatic rings. The molecule has 1 atom stereocenters. The lowest BCUT2D eigenvalue weighted by atomic mass is 9.95. The van der Waals surface area contributed by atoms with E-state index in [0.717, 1.165) is 35.7 Å². The minimum atomic E-state index is -0.302. The molecule has 0 N–H and O–H groups in total. The third-order valence-corrected chi connectivity index (χ3v) is 5.74. The molecule has 1 amide bonds. The summed E-state index contributed by atoms with van der Waals surface area (Å²) in [6.07, 6.45) is 4.40. The van der Waals surface area contributed by atoms with Crippen molar-refractivity contribution < 1.29 is 18.4 Å². The molecule has 3 heterocycles. The molecule has 2 aromatic carbocycles. The quantitative estimate of drug-likeness (QED) is 0.428. The van der Waals surface area contributed by atoms with E-state index in [2.05, 4.69) is 10.1 Å². The number of pyridine rings is 1. The minimum absolute atomic E-state index is 0.128. The van der Waals surface area contributed by atoms with Crippen LogP contribution in [-0.4, -0.2) is 27.5 Å². The SMILES string of the molecule is O=C(c1cc(COc2cccc3cccnc23)on1)N1CCCC[C@H]1c1cccc(F)c1. The van der Waals surface area contributed by atoms with E-state index < -0.39 is 0 Å². The van der Waals surface area contributed by atoms with Crippen molar-refractivity contribution in [2.75, 3.05) is 6.54 Å². The van der Waals surface area contributed by atoms with E-state index in [-0.39, 0.29) is 30.1 Å². The number of fused-ring (bicyclic) bond motifs is 1. The monoisotopic (exact) mass is 431 g/mol. The Morgan fingerprint density at radius 3 is 2.91 bits per heavy atom. The Morgan fingerprint density at radius 1 is 1.12 bits per heavy atom. The van der Waals surface area contributed by atoms with Crippen LogP contribution in [-0.2, 0) is 6.61 Å². The molecule has 5 rings (SSSR count). The van der Waals surface area contributed by atoms with E-state index in [9.17, 15) is 9.18 Å². The van der Waals surface area contributed by atoms with E-state index in [4.69, 9.17) is 9.26 Å². The van der Waals surface area contributed by atoms with Crippen LogP contribution in [0.3, 0.4) is 0 Å². The Balaban J connectivity index is 1.31. The molecule has 1 fully saturated rings. The number of rotatable bonds is 5. The molecule has 0 saturated carbocycles. The van der Waals surface area contributed by atoms with Gasteiger partial charge in [0.2, 0.25) is 0 Å². The van der Waals surface area contributed by atoms with E-state index in [1.807, 2.05) is 36.4 Å². The Morgan fingerprint density at radius 2 is 2.00 bits per heavy atom. The lowest BCUT2D eigenvalue weighted by Gasteiger charge is -2.35. The van der Waals surface area contributed by atoms with Gasteiger partial charge < -0.3 is 14.2 Å². The zero-order valence-electron chi connectivity index (χ0n) is 17.4. The number of carbonyl (C=O) groups is 1. The van der Waals surface area contributed by atoms with Gasteiger partial charge in [0, 0.05) is 24.2 Å². The Bertz CT molecular complexity index is 1250. The second kappa shape index (κ2) is 8.78. The first-order chi connectivity index (χ1) is 15.7. The number of para-hydroxylation sites is 1. The van der Waals surface area contributed by atoms with Crippen LogP contribution in [0.4, 0.5) is 4.39 Å². The third kappa shape index (κ3) is 4.06. The molecule has 1 saturated heterocycles. The lowest BCUT2D eigenvalue weighted by Crippen LogP contribution is -2.38. The zero-order chi connectivity index (χ0) is 21.9. The van der Waals surface area contributed by atoms with Gasteiger partial charge in [0.1, 0.15) is 23.7 Å². The fourth-order valence-electron chi connectivity index (χ4n) is 4.21. The van der Waals surface area contributed by atoms with E-state index in [0.29, 0.717) is 18.1 Å². The van der Waals surface area contributed by atoms with Gasteiger partial charge in [-0.25, -0.2) is 4.39 Å². The van der Waals surface area contributed by atoms with Gasteiger partial charge in [0.15, 0.2) is 11.5 Å². The molecule has 0 spiro atoms. The summed E-state index contributed by atoms with van der Waals surface area (Å²) in [7, 11) is 0. The summed E-state index contributed by atoms with van der Waals surface area (Å²) in [6.45, 7) is 0.726. The van der Waals surface area contributed by atoms with Crippen molar-refractivity contribution in [3.63, 3.8) is 0 Å². The summed E-state index contributed by atoms with van der Waals surface area (Å²) >= 11 is 0. The molecule has 1 aliphatic rings. The van der Waals surface area contributed by atoms with Crippen molar-refractivity contribution in [1.29, 1.82) is 0 Å². The number of ether oxygens (including phenoxy) is 1. The topological polar surface area (TPSA) is 68.5 Å². The molecular weight excluding hydrogens is 409 g/mol. The van der Waals surface area contributed by atoms with E-state index in [1.54, 1.807) is 23.2 Å². The van der Waals surface area contributed by atoms with E-state index >= 15 is 0 Å². The second-order valence-corrected chi connectivity index (χ2v) is 7.86. The predicted molar refractivity (Wildman–Crippen MR) is 117 cm³/mol. The number of halogens is 1. The molecule has 2 aromatic heterocycles. The van der Waals surface area contributed by atoms with Crippen LogP contribution in [0, 0.1) is 5.82 Å². The number of amides is 1. The van der Waals surface area contributed by atoms with Gasteiger partial charge in [-0.1, -0.05) is 35.5 Å². The number of carbonyl (C=O) groups excluding carboxylic acids is 1. The van der Waals surface area contributed by atoms with Crippen molar-refractivity contribution in [2.24, 2.45) is 0 Å². The largest absolute Gasteiger partial charge is 0.483 e. The van der Waals surface area contributed by atoms with Gasteiger partial charge in [-0.2, -0.15) is 0 Å². The fraction of sp³-hybridized carbons (Fsp3) is 0.240. The molecule has 6 nitrogen and oxygen atoms in total. The average molecular weight is 431 g/mol. The summed E-state index contributed by atoms with van der Waals surface area (Å²) in [5.41, 5.74) is 1.79. The van der Waals surface area contributed by atoms with Crippen LogP contribution >= 0.6 is 0 Å². The van der Waals surface area contributed by atoms with Crippen LogP contribution in [0.15, 0.2) is 71.4 Å². The van der Waals surface area contributed by atoms with Crippen molar-refractivity contribution in [3.8, 4) is 5.75 Å². The van der Waals surface area contributed by atoms with Crippen LogP contribution in [0.5, 0.6) is 5.75 Å². The first-order valence-corrected chi connectivity index (χ1v) is 10.7. The number of hydrogen-bond acceptors (Lipinski definition) is 5. The van der Waals surface area contributed by atoms with E-state index in [1.165, 1.54) is 12.1 Å². The number of nitrogens with zero attached hydrogens (tertiary/aromatic N) is 3. The maximum Gasteiger partial charge on any atom is 0.276 e. The molecule has 7 heteroatoms. The molecule has 162 valence electrons. The standard InChI is InChI=1S/C25H22FN3O3/c26-19-9-3-7-18(14-19)22-10-1-2-13-29(22)25(30)21-15-20(32-28-21)16-31-23-11-4-6-17-8-5-12-27-24(17)23/h3-9,11-12,14-15,22H,1-2,10,13,16H2/t22-/m0/s1. The van der Waals surface area contributed by atoms with Gasteiger partial charge >= 0.3 is 0 Å². The Hall–Kier alpha value is -3.74. The van der Waals surface area contributed by atoms with Crippen LogP contribution in [0.25, 0.3) is 10.9 Å². The minimum Gasteiger partial charge on any atom is -0.483 e. The molecule has 0 radical (unpaired) electrons. The van der Waals surface area contributed by atoms with Crippen molar-refractivity contribution >= 4 is 16.8 Å². The highest BCUT2D eigenvalue weighted by Gasteiger charge is 2.30. The van der Waals surface area contributed by atoms with Crippen molar-refractivity contribution in [2.45, 2.75) is 31.9 Å². The highest BCUT2D eigenvalue weighted by molar-refractivity contribution is 5.92. The van der Waals surface area contributed by atoms with Gasteiger partial charge in [-0.3, -0.25) is 9.78 Å². The predicted octanol–water partition coefficient (Wildman–Crippen LogP) is 5.31. The maximum atomic E-state index is 13.7. The van der Waals surface area contributed by atoms with Crippen LogP contribution < -0.4 is 4.74 Å². The van der Waals surface area contributed by atoms with Gasteiger partial charge in [0.05, 0.1) is 6.04 Å². The molecule has 1 aliphatic heterocycles. The van der Waals surface area contributed by atoms with Crippen molar-refractivity contribution in [3.05, 3.63) is 89.7 Å². The van der Waals surface area contributed by atoms with Gasteiger partial charge in [-0.05, 0) is 49.1 Å². The number of piperidine rings is 1. The lowest BCUT2D eigenvalue weighted by molar-refractivity contribution is 0.0600. The Kier molecular flexibility index (Phi) is 5.54. The molecule has 32 heavy (non-hydrogen) atoms. The first-order valence-electron chi connectivity index (χ1n) is 10.7.